The topological polar surface area (TPSA) is 54.7 Å². The van der Waals surface area contributed by atoms with Crippen molar-refractivity contribution >= 4 is 17.0 Å². The molecule has 0 radical (unpaired) electrons. The van der Waals surface area contributed by atoms with E-state index in [0.717, 1.165) is 11.0 Å². The van der Waals surface area contributed by atoms with E-state index in [4.69, 9.17) is 5.73 Å². The number of aryl methyl sites for hydroxylation is 1. The summed E-state index contributed by atoms with van der Waals surface area (Å²) in [5.41, 5.74) is 8.79. The third-order valence-corrected chi connectivity index (χ3v) is 4.32. The van der Waals surface area contributed by atoms with Crippen molar-refractivity contribution in [3.63, 3.8) is 0 Å². The third kappa shape index (κ3) is 9.83. The van der Waals surface area contributed by atoms with Crippen LogP contribution >= 0.6 is 0 Å². The second kappa shape index (κ2) is 14.8. The van der Waals surface area contributed by atoms with E-state index >= 15 is 0 Å². The van der Waals surface area contributed by atoms with E-state index in [1.165, 1.54) is 56.9 Å². The van der Waals surface area contributed by atoms with Gasteiger partial charge in [0.25, 0.3) is 0 Å². The third-order valence-electron chi connectivity index (χ3n) is 4.32. The standard InChI is InChI=1S/C10H14.C7H7N3.C5H10.C2H6/c1-2-3-7-10-8-5-4-6-9-10;8-7-9-5-3-1-2-4-6(5)10-7;1-2-4-5-3-1;1-2/h4-6,8-9H,2-3,7H2,1H3;1-4H,(H3,8,9,10);1-5H2;1-2H3. The molecule has 3 aromatic rings. The van der Waals surface area contributed by atoms with Gasteiger partial charge in [-0.2, -0.15) is 0 Å². The van der Waals surface area contributed by atoms with Crippen molar-refractivity contribution in [1.82, 2.24) is 9.97 Å². The summed E-state index contributed by atoms with van der Waals surface area (Å²) in [7, 11) is 0. The maximum atomic E-state index is 5.42. The fraction of sp³-hybridized carbons (Fsp3) is 0.458. The zero-order valence-corrected chi connectivity index (χ0v) is 17.4. The lowest BCUT2D eigenvalue weighted by Gasteiger charge is -1.96. The van der Waals surface area contributed by atoms with Gasteiger partial charge in [0.05, 0.1) is 11.0 Å². The molecule has 1 aliphatic rings. The van der Waals surface area contributed by atoms with Crippen LogP contribution < -0.4 is 5.73 Å². The fourth-order valence-electron chi connectivity index (χ4n) is 2.88. The molecular weight excluding hydrogens is 330 g/mol. The van der Waals surface area contributed by atoms with Crippen molar-refractivity contribution in [2.24, 2.45) is 0 Å². The average Bonchev–Trinajstić information content (AvgIpc) is 3.41. The fourth-order valence-corrected chi connectivity index (χ4v) is 2.88. The van der Waals surface area contributed by atoms with Crippen molar-refractivity contribution < 1.29 is 0 Å². The number of aromatic nitrogens is 2. The smallest absolute Gasteiger partial charge is 0.198 e. The molecule has 0 atom stereocenters. The first kappa shape index (κ1) is 22.8. The monoisotopic (exact) mass is 367 g/mol. The van der Waals surface area contributed by atoms with Crippen LogP contribution in [0.4, 0.5) is 5.95 Å². The van der Waals surface area contributed by atoms with Gasteiger partial charge < -0.3 is 10.7 Å². The second-order valence-electron chi connectivity index (χ2n) is 6.50. The van der Waals surface area contributed by atoms with Crippen LogP contribution in [0.1, 0.15) is 71.3 Å². The number of nitrogens with one attached hydrogen (secondary N) is 1. The molecule has 4 rings (SSSR count). The predicted octanol–water partition coefficient (Wildman–Crippen LogP) is 7.15. The number of nitrogens with two attached hydrogens (primary N) is 1. The zero-order chi connectivity index (χ0) is 19.7. The summed E-state index contributed by atoms with van der Waals surface area (Å²) in [6, 6.07) is 18.4. The van der Waals surface area contributed by atoms with Crippen molar-refractivity contribution in [2.75, 3.05) is 5.73 Å². The molecular formula is C24H37N3. The van der Waals surface area contributed by atoms with Crippen LogP contribution in [-0.2, 0) is 6.42 Å². The van der Waals surface area contributed by atoms with Crippen molar-refractivity contribution in [3.05, 3.63) is 60.2 Å². The normalized spacial score (nSPS) is 12.1. The van der Waals surface area contributed by atoms with Gasteiger partial charge in [0.2, 0.25) is 0 Å². The Morgan fingerprint density at radius 3 is 1.96 bits per heavy atom. The molecule has 0 aliphatic heterocycles. The van der Waals surface area contributed by atoms with Crippen LogP contribution in [0.3, 0.4) is 0 Å². The molecule has 0 spiro atoms. The van der Waals surface area contributed by atoms with Gasteiger partial charge in [-0.05, 0) is 30.5 Å². The van der Waals surface area contributed by atoms with Gasteiger partial charge in [0, 0.05) is 0 Å². The number of aromatic amines is 1. The summed E-state index contributed by atoms with van der Waals surface area (Å²) >= 11 is 0. The minimum Gasteiger partial charge on any atom is -0.369 e. The molecule has 1 aromatic heterocycles. The molecule has 27 heavy (non-hydrogen) atoms. The van der Waals surface area contributed by atoms with E-state index in [1.54, 1.807) is 0 Å². The average molecular weight is 368 g/mol. The lowest BCUT2D eigenvalue weighted by atomic mass is 10.1. The number of unbranched alkanes of at least 4 members (excludes halogenated alkanes) is 1. The van der Waals surface area contributed by atoms with Crippen LogP contribution in [0.25, 0.3) is 11.0 Å². The van der Waals surface area contributed by atoms with E-state index in [2.05, 4.69) is 47.2 Å². The molecule has 0 saturated heterocycles. The van der Waals surface area contributed by atoms with Crippen molar-refractivity contribution in [1.29, 1.82) is 0 Å². The molecule has 2 aromatic carbocycles. The Bertz CT molecular complexity index is 659. The van der Waals surface area contributed by atoms with E-state index in [-0.39, 0.29) is 0 Å². The number of nitrogens with zero attached hydrogens (tertiary/aromatic N) is 1. The van der Waals surface area contributed by atoms with Crippen LogP contribution in [0, 0.1) is 0 Å². The number of imidazole rings is 1. The van der Waals surface area contributed by atoms with Gasteiger partial charge in [0.1, 0.15) is 0 Å². The molecule has 148 valence electrons. The molecule has 3 N–H and O–H groups in total. The Hall–Kier alpha value is -2.29. The van der Waals surface area contributed by atoms with E-state index in [9.17, 15) is 0 Å². The highest BCUT2D eigenvalue weighted by atomic mass is 15.0. The number of fused-ring (bicyclic) bond motifs is 1. The minimum atomic E-state index is 0.473. The van der Waals surface area contributed by atoms with E-state index in [1.807, 2.05) is 38.1 Å². The van der Waals surface area contributed by atoms with Gasteiger partial charge in [-0.1, -0.05) is 102 Å². The Morgan fingerprint density at radius 2 is 1.41 bits per heavy atom. The Morgan fingerprint density at radius 1 is 0.852 bits per heavy atom. The molecule has 1 fully saturated rings. The number of para-hydroxylation sites is 2. The van der Waals surface area contributed by atoms with Crippen LogP contribution in [0.15, 0.2) is 54.6 Å². The first-order valence-electron chi connectivity index (χ1n) is 10.5. The van der Waals surface area contributed by atoms with Crippen molar-refractivity contribution in [3.8, 4) is 0 Å². The molecule has 0 unspecified atom stereocenters. The number of H-pyrrole nitrogens is 1. The number of benzene rings is 2. The van der Waals surface area contributed by atoms with Gasteiger partial charge in [0.15, 0.2) is 5.95 Å². The molecule has 0 amide bonds. The first-order valence-corrected chi connectivity index (χ1v) is 10.5. The van der Waals surface area contributed by atoms with Crippen LogP contribution in [0.5, 0.6) is 0 Å². The Kier molecular flexibility index (Phi) is 12.5. The van der Waals surface area contributed by atoms with Gasteiger partial charge in [-0.15, -0.1) is 0 Å². The lowest BCUT2D eigenvalue weighted by molar-refractivity contribution is 0.795. The SMILES string of the molecule is C1CCCC1.CC.CCCCc1ccccc1.Nc1nc2ccccc2[nH]1. The summed E-state index contributed by atoms with van der Waals surface area (Å²) in [5, 5.41) is 0. The number of hydrogen-bond acceptors (Lipinski definition) is 2. The van der Waals surface area contributed by atoms with E-state index < -0.39 is 0 Å². The number of anilines is 1. The Labute approximate surface area is 165 Å². The maximum Gasteiger partial charge on any atom is 0.198 e. The molecule has 3 nitrogen and oxygen atoms in total. The summed E-state index contributed by atoms with van der Waals surface area (Å²) < 4.78 is 0. The molecule has 1 heterocycles. The number of nitrogen functional groups attached to an aromatic ring is 1. The largest absolute Gasteiger partial charge is 0.369 e. The minimum absolute atomic E-state index is 0.473. The highest BCUT2D eigenvalue weighted by Gasteiger charge is 1.95. The summed E-state index contributed by atoms with van der Waals surface area (Å²) in [5.74, 6) is 0.473. The molecule has 0 bridgehead atoms. The predicted molar refractivity (Wildman–Crippen MR) is 120 cm³/mol. The van der Waals surface area contributed by atoms with Crippen LogP contribution in [0.2, 0.25) is 0 Å². The summed E-state index contributed by atoms with van der Waals surface area (Å²) in [6.07, 6.45) is 11.3. The highest BCUT2D eigenvalue weighted by molar-refractivity contribution is 5.76. The zero-order valence-electron chi connectivity index (χ0n) is 17.4. The summed E-state index contributed by atoms with van der Waals surface area (Å²) in [4.78, 5) is 6.96. The lowest BCUT2D eigenvalue weighted by Crippen LogP contribution is -1.84. The second-order valence-corrected chi connectivity index (χ2v) is 6.50. The maximum absolute atomic E-state index is 5.42. The quantitative estimate of drug-likeness (QED) is 0.516. The Balaban J connectivity index is 0.000000203. The number of hydrogen-bond donors (Lipinski definition) is 2. The molecule has 3 heteroatoms. The van der Waals surface area contributed by atoms with Gasteiger partial charge >= 0.3 is 0 Å². The highest BCUT2D eigenvalue weighted by Crippen LogP contribution is 2.15. The molecule has 1 aliphatic carbocycles. The van der Waals surface area contributed by atoms with E-state index in [0.29, 0.717) is 5.95 Å². The molecule has 1 saturated carbocycles. The van der Waals surface area contributed by atoms with Crippen molar-refractivity contribution in [2.45, 2.75) is 72.1 Å². The van der Waals surface area contributed by atoms with Crippen LogP contribution in [-0.4, -0.2) is 9.97 Å². The van der Waals surface area contributed by atoms with Gasteiger partial charge in [-0.25, -0.2) is 4.98 Å². The summed E-state index contributed by atoms with van der Waals surface area (Å²) in [6.45, 7) is 6.23. The van der Waals surface area contributed by atoms with Gasteiger partial charge in [-0.3, -0.25) is 0 Å². The number of rotatable bonds is 3. The first-order chi connectivity index (χ1) is 13.3.